The molecule has 4 heterocycles. The first kappa shape index (κ1) is 21.8. The predicted octanol–water partition coefficient (Wildman–Crippen LogP) is 2.88. The average Bonchev–Trinajstić information content (AvgIpc) is 3.33. The van der Waals surface area contributed by atoms with Crippen LogP contribution in [-0.4, -0.2) is 74.4 Å². The highest BCUT2D eigenvalue weighted by Gasteiger charge is 2.31. The van der Waals surface area contributed by atoms with E-state index in [1.54, 1.807) is 11.1 Å². The molecule has 32 heavy (non-hydrogen) atoms. The Balaban J connectivity index is 1.55. The molecule has 1 fully saturated rings. The van der Waals surface area contributed by atoms with Crippen LogP contribution in [0.3, 0.4) is 0 Å². The molecule has 170 valence electrons. The summed E-state index contributed by atoms with van der Waals surface area (Å²) in [6.45, 7) is 6.58. The van der Waals surface area contributed by atoms with Crippen molar-refractivity contribution in [2.75, 3.05) is 32.1 Å². The molecule has 1 aliphatic heterocycles. The third-order valence-electron chi connectivity index (χ3n) is 5.16. The van der Waals surface area contributed by atoms with Crippen LogP contribution in [0.4, 0.5) is 10.6 Å². The number of likely N-dealkylation sites (tertiary alicyclic amines) is 1. The number of hydrogen-bond donors (Lipinski definition) is 0. The molecular weight excluding hydrogens is 410 g/mol. The van der Waals surface area contributed by atoms with Gasteiger partial charge in [0.25, 0.3) is 0 Å². The Hall–Kier alpha value is -3.43. The Kier molecular flexibility index (Phi) is 5.62. The summed E-state index contributed by atoms with van der Waals surface area (Å²) < 4.78 is 13.5. The standard InChI is InChI=1S/C22H29N7O3/c1-22(2,3)32-21(30)29-10-9-15(12-29)31-20-17-19(24-13-25-20)28(6)18(26-17)14-7-8-16(23-11-14)27(4)5/h7-8,11,13,15H,9-10,12H2,1-6H3/t15-/m0/s1. The summed E-state index contributed by atoms with van der Waals surface area (Å²) in [7, 11) is 5.80. The van der Waals surface area contributed by atoms with Gasteiger partial charge in [0.2, 0.25) is 5.88 Å². The van der Waals surface area contributed by atoms with Gasteiger partial charge in [0.1, 0.15) is 29.7 Å². The van der Waals surface area contributed by atoms with Crippen LogP contribution in [0.1, 0.15) is 27.2 Å². The number of pyridine rings is 1. The molecule has 0 aromatic carbocycles. The van der Waals surface area contributed by atoms with Crippen molar-refractivity contribution in [3.63, 3.8) is 0 Å². The van der Waals surface area contributed by atoms with Crippen molar-refractivity contribution < 1.29 is 14.3 Å². The molecule has 1 saturated heterocycles. The average molecular weight is 440 g/mol. The van der Waals surface area contributed by atoms with E-state index in [1.165, 1.54) is 6.33 Å². The number of rotatable bonds is 4. The van der Waals surface area contributed by atoms with E-state index >= 15 is 0 Å². The maximum absolute atomic E-state index is 12.3. The van der Waals surface area contributed by atoms with Gasteiger partial charge in [0, 0.05) is 45.9 Å². The largest absolute Gasteiger partial charge is 0.471 e. The van der Waals surface area contributed by atoms with Crippen LogP contribution >= 0.6 is 0 Å². The Bertz CT molecular complexity index is 1120. The van der Waals surface area contributed by atoms with Crippen molar-refractivity contribution in [3.8, 4) is 17.3 Å². The predicted molar refractivity (Wildman–Crippen MR) is 121 cm³/mol. The summed E-state index contributed by atoms with van der Waals surface area (Å²) in [5.41, 5.74) is 1.60. The molecule has 3 aromatic heterocycles. The van der Waals surface area contributed by atoms with Gasteiger partial charge in [0.05, 0.1) is 6.54 Å². The number of carbonyl (C=O) groups excluding carboxylic acids is 1. The number of fused-ring (bicyclic) bond motifs is 1. The van der Waals surface area contributed by atoms with Crippen molar-refractivity contribution in [1.29, 1.82) is 0 Å². The molecule has 0 bridgehead atoms. The summed E-state index contributed by atoms with van der Waals surface area (Å²) in [5.74, 6) is 2.00. The first-order valence-corrected chi connectivity index (χ1v) is 10.6. The lowest BCUT2D eigenvalue weighted by Gasteiger charge is -2.24. The molecule has 3 aromatic rings. The minimum Gasteiger partial charge on any atom is -0.471 e. The maximum Gasteiger partial charge on any atom is 0.410 e. The number of nitrogens with zero attached hydrogens (tertiary/aromatic N) is 7. The van der Waals surface area contributed by atoms with E-state index in [1.807, 2.05) is 63.5 Å². The summed E-state index contributed by atoms with van der Waals surface area (Å²) in [6, 6.07) is 3.93. The molecule has 0 spiro atoms. The highest BCUT2D eigenvalue weighted by atomic mass is 16.6. The molecular formula is C22H29N7O3. The third kappa shape index (κ3) is 4.44. The van der Waals surface area contributed by atoms with E-state index in [2.05, 4.69) is 15.0 Å². The fourth-order valence-corrected chi connectivity index (χ4v) is 3.58. The fourth-order valence-electron chi connectivity index (χ4n) is 3.58. The molecule has 4 rings (SSSR count). The first-order chi connectivity index (χ1) is 15.1. The lowest BCUT2D eigenvalue weighted by Crippen LogP contribution is -2.36. The van der Waals surface area contributed by atoms with Gasteiger partial charge >= 0.3 is 6.09 Å². The molecule has 0 N–H and O–H groups in total. The lowest BCUT2D eigenvalue weighted by atomic mass is 10.2. The van der Waals surface area contributed by atoms with Crippen molar-refractivity contribution in [1.82, 2.24) is 29.4 Å². The molecule has 0 saturated carbocycles. The summed E-state index contributed by atoms with van der Waals surface area (Å²) >= 11 is 0. The molecule has 0 aliphatic carbocycles. The quantitative estimate of drug-likeness (QED) is 0.612. The topological polar surface area (TPSA) is 98.5 Å². The Morgan fingerprint density at radius 3 is 2.62 bits per heavy atom. The van der Waals surface area contributed by atoms with E-state index in [9.17, 15) is 4.79 Å². The molecule has 1 atom stereocenters. The molecule has 10 heteroatoms. The van der Waals surface area contributed by atoms with Gasteiger partial charge in [-0.15, -0.1) is 0 Å². The minimum absolute atomic E-state index is 0.188. The monoisotopic (exact) mass is 439 g/mol. The minimum atomic E-state index is -0.529. The number of aromatic nitrogens is 5. The summed E-state index contributed by atoms with van der Waals surface area (Å²) in [6.07, 6.45) is 3.44. The van der Waals surface area contributed by atoms with E-state index in [-0.39, 0.29) is 12.2 Å². The van der Waals surface area contributed by atoms with Gasteiger partial charge in [-0.1, -0.05) is 0 Å². The van der Waals surface area contributed by atoms with Gasteiger partial charge in [-0.3, -0.25) is 0 Å². The second-order valence-corrected chi connectivity index (χ2v) is 9.10. The Labute approximate surface area is 187 Å². The van der Waals surface area contributed by atoms with Crippen LogP contribution in [0.15, 0.2) is 24.7 Å². The van der Waals surface area contributed by atoms with Crippen LogP contribution < -0.4 is 9.64 Å². The van der Waals surface area contributed by atoms with Gasteiger partial charge in [0.15, 0.2) is 11.2 Å². The van der Waals surface area contributed by atoms with Gasteiger partial charge in [-0.25, -0.2) is 19.7 Å². The van der Waals surface area contributed by atoms with E-state index in [4.69, 9.17) is 14.5 Å². The molecule has 1 aliphatic rings. The zero-order valence-corrected chi connectivity index (χ0v) is 19.4. The first-order valence-electron chi connectivity index (χ1n) is 10.6. The number of ether oxygens (including phenoxy) is 2. The van der Waals surface area contributed by atoms with E-state index < -0.39 is 5.60 Å². The van der Waals surface area contributed by atoms with Crippen LogP contribution in [0.2, 0.25) is 0 Å². The molecule has 0 radical (unpaired) electrons. The number of carbonyl (C=O) groups is 1. The van der Waals surface area contributed by atoms with E-state index in [0.717, 1.165) is 17.2 Å². The smallest absolute Gasteiger partial charge is 0.410 e. The summed E-state index contributed by atoms with van der Waals surface area (Å²) in [4.78, 5) is 33.9. The number of hydrogen-bond acceptors (Lipinski definition) is 8. The Morgan fingerprint density at radius 2 is 1.97 bits per heavy atom. The van der Waals surface area contributed by atoms with Crippen LogP contribution in [0.25, 0.3) is 22.6 Å². The fraction of sp³-hybridized carbons (Fsp3) is 0.500. The molecule has 10 nitrogen and oxygen atoms in total. The van der Waals surface area contributed by atoms with Crippen LogP contribution in [0.5, 0.6) is 5.88 Å². The SMILES string of the molecule is CN(C)c1ccc(-c2nc3c(O[C@H]4CCN(C(=O)OC(C)(C)C)C4)ncnc3n2C)cn1. The zero-order valence-electron chi connectivity index (χ0n) is 19.4. The lowest BCUT2D eigenvalue weighted by molar-refractivity contribution is 0.0275. The molecule has 1 amide bonds. The highest BCUT2D eigenvalue weighted by molar-refractivity contribution is 5.81. The number of aryl methyl sites for hydroxylation is 1. The van der Waals surface area contributed by atoms with Crippen molar-refractivity contribution in [2.45, 2.75) is 38.9 Å². The second kappa shape index (κ2) is 8.25. The van der Waals surface area contributed by atoms with Crippen LogP contribution in [0, 0.1) is 0 Å². The van der Waals surface area contributed by atoms with Crippen molar-refractivity contribution in [3.05, 3.63) is 24.7 Å². The van der Waals surface area contributed by atoms with Gasteiger partial charge < -0.3 is 23.8 Å². The van der Waals surface area contributed by atoms with Crippen molar-refractivity contribution >= 4 is 23.1 Å². The van der Waals surface area contributed by atoms with Crippen LogP contribution in [-0.2, 0) is 11.8 Å². The Morgan fingerprint density at radius 1 is 1.19 bits per heavy atom. The summed E-state index contributed by atoms with van der Waals surface area (Å²) in [5, 5.41) is 0. The van der Waals surface area contributed by atoms with Crippen molar-refractivity contribution in [2.24, 2.45) is 7.05 Å². The maximum atomic E-state index is 12.3. The molecule has 0 unspecified atom stereocenters. The number of amides is 1. The highest BCUT2D eigenvalue weighted by Crippen LogP contribution is 2.29. The number of imidazole rings is 1. The third-order valence-corrected chi connectivity index (χ3v) is 5.16. The number of anilines is 1. The normalized spacial score (nSPS) is 16.4. The van der Waals surface area contributed by atoms with E-state index in [0.29, 0.717) is 36.6 Å². The zero-order chi connectivity index (χ0) is 23.0. The van der Waals surface area contributed by atoms with Gasteiger partial charge in [-0.05, 0) is 32.9 Å². The van der Waals surface area contributed by atoms with Gasteiger partial charge in [-0.2, -0.15) is 4.98 Å². The second-order valence-electron chi connectivity index (χ2n) is 9.10.